The van der Waals surface area contributed by atoms with Crippen LogP contribution in [0.5, 0.6) is 0 Å². The van der Waals surface area contributed by atoms with Gasteiger partial charge in [0.2, 0.25) is 5.91 Å². The fourth-order valence-corrected chi connectivity index (χ4v) is 5.32. The minimum atomic E-state index is -0.316. The first-order chi connectivity index (χ1) is 16.5. The van der Waals surface area contributed by atoms with E-state index in [4.69, 9.17) is 14.7 Å². The Bertz CT molecular complexity index is 1150. The number of aryl methyl sites for hydroxylation is 4. The molecule has 34 heavy (non-hydrogen) atoms. The number of rotatable bonds is 8. The van der Waals surface area contributed by atoms with Crippen LogP contribution in [0.4, 0.5) is 5.82 Å². The lowest BCUT2D eigenvalue weighted by Crippen LogP contribution is -2.49. The lowest BCUT2D eigenvalue weighted by atomic mass is 10.1. The van der Waals surface area contributed by atoms with Crippen molar-refractivity contribution in [2.24, 2.45) is 0 Å². The number of thiophene rings is 1. The molecular weight excluding hydrogens is 448 g/mol. The summed E-state index contributed by atoms with van der Waals surface area (Å²) in [6.45, 7) is 9.05. The van der Waals surface area contributed by atoms with Gasteiger partial charge in [0, 0.05) is 43.9 Å². The number of carbonyl (C=O) groups is 2. The maximum atomic E-state index is 12.6. The van der Waals surface area contributed by atoms with Crippen LogP contribution in [0, 0.1) is 13.8 Å². The first-order valence-electron chi connectivity index (χ1n) is 11.9. The molecule has 1 saturated heterocycles. The Kier molecular flexibility index (Phi) is 7.77. The Morgan fingerprint density at radius 1 is 1.00 bits per heavy atom. The van der Waals surface area contributed by atoms with Crippen LogP contribution in [0.25, 0.3) is 10.2 Å². The standard InChI is InChI=1S/C26H32N4O3S/c1-4-33-23(32)13-12-22(31)29-14-16-30(17-15-29)25-24-18(2)19(3)34-26(24)28-21(27-25)11-10-20-8-6-5-7-9-20/h5-9H,4,10-17H2,1-3H3. The average Bonchev–Trinajstić information content (AvgIpc) is 3.15. The molecule has 4 rings (SSSR count). The number of anilines is 1. The predicted molar refractivity (Wildman–Crippen MR) is 135 cm³/mol. The number of aromatic nitrogens is 2. The Hall–Kier alpha value is -3.00. The molecule has 0 spiro atoms. The van der Waals surface area contributed by atoms with E-state index in [0.29, 0.717) is 32.8 Å². The number of piperazine rings is 1. The van der Waals surface area contributed by atoms with Gasteiger partial charge in [-0.1, -0.05) is 30.3 Å². The van der Waals surface area contributed by atoms with Crippen molar-refractivity contribution >= 4 is 39.2 Å². The topological polar surface area (TPSA) is 75.6 Å². The van der Waals surface area contributed by atoms with Crippen molar-refractivity contribution in [3.63, 3.8) is 0 Å². The molecule has 3 aromatic rings. The largest absolute Gasteiger partial charge is 0.466 e. The highest BCUT2D eigenvalue weighted by Crippen LogP contribution is 2.35. The van der Waals surface area contributed by atoms with Crippen LogP contribution in [0.2, 0.25) is 0 Å². The second kappa shape index (κ2) is 11.0. The van der Waals surface area contributed by atoms with Gasteiger partial charge in [-0.25, -0.2) is 9.97 Å². The lowest BCUT2D eigenvalue weighted by molar-refractivity contribution is -0.145. The fraction of sp³-hybridized carbons (Fsp3) is 0.462. The zero-order chi connectivity index (χ0) is 24.1. The van der Waals surface area contributed by atoms with E-state index in [-0.39, 0.29) is 24.7 Å². The number of amides is 1. The second-order valence-electron chi connectivity index (χ2n) is 8.59. The fourth-order valence-electron chi connectivity index (χ4n) is 4.28. The van der Waals surface area contributed by atoms with Gasteiger partial charge in [-0.2, -0.15) is 0 Å². The van der Waals surface area contributed by atoms with Crippen molar-refractivity contribution in [3.05, 3.63) is 52.2 Å². The van der Waals surface area contributed by atoms with E-state index < -0.39 is 0 Å². The molecule has 0 bridgehead atoms. The van der Waals surface area contributed by atoms with Crippen molar-refractivity contribution in [1.29, 1.82) is 0 Å². The molecule has 0 atom stereocenters. The van der Waals surface area contributed by atoms with Crippen molar-refractivity contribution in [3.8, 4) is 0 Å². The number of fused-ring (bicyclic) bond motifs is 1. The molecule has 1 fully saturated rings. The predicted octanol–water partition coefficient (Wildman–Crippen LogP) is 4.09. The summed E-state index contributed by atoms with van der Waals surface area (Å²) in [5.41, 5.74) is 2.51. The number of carbonyl (C=O) groups excluding carboxylic acids is 2. The number of hydrogen-bond acceptors (Lipinski definition) is 7. The Morgan fingerprint density at radius 2 is 1.74 bits per heavy atom. The third-order valence-corrected chi connectivity index (χ3v) is 7.42. The molecule has 1 aromatic carbocycles. The Balaban J connectivity index is 1.47. The highest BCUT2D eigenvalue weighted by Gasteiger charge is 2.25. The van der Waals surface area contributed by atoms with Gasteiger partial charge in [0.05, 0.1) is 18.4 Å². The summed E-state index contributed by atoms with van der Waals surface area (Å²) in [7, 11) is 0. The van der Waals surface area contributed by atoms with Gasteiger partial charge >= 0.3 is 5.97 Å². The van der Waals surface area contributed by atoms with Crippen LogP contribution >= 0.6 is 11.3 Å². The number of esters is 1. The van der Waals surface area contributed by atoms with E-state index in [1.165, 1.54) is 16.0 Å². The number of hydrogen-bond donors (Lipinski definition) is 0. The molecule has 7 nitrogen and oxygen atoms in total. The summed E-state index contributed by atoms with van der Waals surface area (Å²) in [6.07, 6.45) is 2.02. The third kappa shape index (κ3) is 5.55. The van der Waals surface area contributed by atoms with Crippen molar-refractivity contribution in [2.75, 3.05) is 37.7 Å². The summed E-state index contributed by atoms with van der Waals surface area (Å²) in [6, 6.07) is 10.4. The monoisotopic (exact) mass is 480 g/mol. The van der Waals surface area contributed by atoms with Gasteiger partial charge < -0.3 is 14.5 Å². The maximum Gasteiger partial charge on any atom is 0.306 e. The molecule has 0 radical (unpaired) electrons. The first-order valence-corrected chi connectivity index (χ1v) is 12.8. The maximum absolute atomic E-state index is 12.6. The Morgan fingerprint density at radius 3 is 2.44 bits per heavy atom. The summed E-state index contributed by atoms with van der Waals surface area (Å²) < 4.78 is 4.94. The molecule has 1 aliphatic rings. The molecule has 1 amide bonds. The number of ether oxygens (including phenoxy) is 1. The van der Waals surface area contributed by atoms with E-state index in [1.807, 2.05) is 11.0 Å². The SMILES string of the molecule is CCOC(=O)CCC(=O)N1CCN(c2nc(CCc3ccccc3)nc3sc(C)c(C)c23)CC1. The molecular formula is C26H32N4O3S. The normalized spacial score (nSPS) is 14.0. The second-order valence-corrected chi connectivity index (χ2v) is 9.79. The molecule has 1 aliphatic heterocycles. The van der Waals surface area contributed by atoms with Crippen LogP contribution in [0.3, 0.4) is 0 Å². The van der Waals surface area contributed by atoms with Crippen molar-refractivity contribution < 1.29 is 14.3 Å². The van der Waals surface area contributed by atoms with Crippen molar-refractivity contribution in [1.82, 2.24) is 14.9 Å². The van der Waals surface area contributed by atoms with Crippen LogP contribution in [-0.4, -0.2) is 59.5 Å². The molecule has 0 aliphatic carbocycles. The summed E-state index contributed by atoms with van der Waals surface area (Å²) in [5, 5.41) is 1.13. The highest BCUT2D eigenvalue weighted by molar-refractivity contribution is 7.18. The highest BCUT2D eigenvalue weighted by atomic mass is 32.1. The van der Waals surface area contributed by atoms with Gasteiger partial charge in [-0.3, -0.25) is 9.59 Å². The van der Waals surface area contributed by atoms with Gasteiger partial charge in [-0.05, 0) is 38.3 Å². The van der Waals surface area contributed by atoms with Gasteiger partial charge in [0.25, 0.3) is 0 Å². The van der Waals surface area contributed by atoms with Gasteiger partial charge in [0.1, 0.15) is 16.5 Å². The van der Waals surface area contributed by atoms with Crippen molar-refractivity contribution in [2.45, 2.75) is 46.5 Å². The number of benzene rings is 1. The molecule has 0 saturated carbocycles. The summed E-state index contributed by atoms with van der Waals surface area (Å²) in [4.78, 5) is 40.5. The molecule has 8 heteroatoms. The van der Waals surface area contributed by atoms with Crippen LogP contribution < -0.4 is 4.90 Å². The molecule has 0 N–H and O–H groups in total. The minimum Gasteiger partial charge on any atom is -0.466 e. The molecule has 0 unspecified atom stereocenters. The van der Waals surface area contributed by atoms with Gasteiger partial charge in [0.15, 0.2) is 0 Å². The molecule has 2 aromatic heterocycles. The van der Waals surface area contributed by atoms with Crippen LogP contribution in [0.15, 0.2) is 30.3 Å². The van der Waals surface area contributed by atoms with Crippen LogP contribution in [0.1, 0.15) is 41.6 Å². The smallest absolute Gasteiger partial charge is 0.306 e. The molecule has 180 valence electrons. The zero-order valence-electron chi connectivity index (χ0n) is 20.2. The van der Waals surface area contributed by atoms with Crippen LogP contribution in [-0.2, 0) is 27.2 Å². The Labute approximate surface area is 204 Å². The minimum absolute atomic E-state index is 0.00615. The lowest BCUT2D eigenvalue weighted by Gasteiger charge is -2.36. The van der Waals surface area contributed by atoms with E-state index in [9.17, 15) is 9.59 Å². The molecule has 3 heterocycles. The first kappa shape index (κ1) is 24.1. The van der Waals surface area contributed by atoms with E-state index in [1.54, 1.807) is 18.3 Å². The average molecular weight is 481 g/mol. The quantitative estimate of drug-likeness (QED) is 0.452. The zero-order valence-corrected chi connectivity index (χ0v) is 21.0. The van der Waals surface area contributed by atoms with E-state index >= 15 is 0 Å². The summed E-state index contributed by atoms with van der Waals surface area (Å²) in [5.74, 6) is 1.53. The summed E-state index contributed by atoms with van der Waals surface area (Å²) >= 11 is 1.73. The van der Waals surface area contributed by atoms with E-state index in [2.05, 4.69) is 43.0 Å². The number of nitrogens with zero attached hydrogens (tertiary/aromatic N) is 4. The third-order valence-electron chi connectivity index (χ3n) is 6.32. The van der Waals surface area contributed by atoms with Gasteiger partial charge in [-0.15, -0.1) is 11.3 Å². The van der Waals surface area contributed by atoms with E-state index in [0.717, 1.165) is 34.7 Å².